The van der Waals surface area contributed by atoms with Crippen molar-refractivity contribution in [1.29, 1.82) is 0 Å². The lowest BCUT2D eigenvalue weighted by molar-refractivity contribution is 0.287. The van der Waals surface area contributed by atoms with Crippen LogP contribution in [0.5, 0.6) is 11.5 Å². The summed E-state index contributed by atoms with van der Waals surface area (Å²) in [6.07, 6.45) is 1.12. The van der Waals surface area contributed by atoms with Crippen LogP contribution in [0.25, 0.3) is 22.1 Å². The van der Waals surface area contributed by atoms with Gasteiger partial charge in [-0.05, 0) is 66.3 Å². The van der Waals surface area contributed by atoms with E-state index in [-0.39, 0.29) is 5.63 Å². The highest BCUT2D eigenvalue weighted by atomic mass is 16.5. The van der Waals surface area contributed by atoms with E-state index in [0.29, 0.717) is 18.2 Å². The topological polar surface area (TPSA) is 51.9 Å². The molecule has 1 aromatic heterocycles. The lowest BCUT2D eigenvalue weighted by atomic mass is 9.96. The van der Waals surface area contributed by atoms with Crippen LogP contribution >= 0.6 is 0 Å². The molecule has 4 aromatic rings. The average molecular weight is 456 g/mol. The molecule has 0 amide bonds. The van der Waals surface area contributed by atoms with Crippen LogP contribution in [0.3, 0.4) is 0 Å². The van der Waals surface area contributed by atoms with E-state index in [9.17, 15) is 4.79 Å². The molecule has 0 aliphatic carbocycles. The van der Waals surface area contributed by atoms with Gasteiger partial charge in [-0.15, -0.1) is 0 Å². The summed E-state index contributed by atoms with van der Waals surface area (Å²) in [5.74, 6) is 2.12. The highest BCUT2D eigenvalue weighted by molar-refractivity contribution is 5.96. The number of fused-ring (bicyclic) bond motifs is 2. The van der Waals surface area contributed by atoms with Gasteiger partial charge in [0, 0.05) is 34.8 Å². The molecule has 5 rings (SSSR count). The Bertz CT molecular complexity index is 1390. The normalized spacial score (nSPS) is 13.9. The first-order valence-electron chi connectivity index (χ1n) is 11.7. The summed E-state index contributed by atoms with van der Waals surface area (Å²) in [4.78, 5) is 14.6. The van der Waals surface area contributed by atoms with Crippen molar-refractivity contribution in [3.05, 3.63) is 87.8 Å². The van der Waals surface area contributed by atoms with Gasteiger partial charge in [-0.1, -0.05) is 38.1 Å². The molecule has 1 aliphatic rings. The monoisotopic (exact) mass is 455 g/mol. The number of ether oxygens (including phenoxy) is 2. The molecule has 0 radical (unpaired) electrons. The fourth-order valence-corrected chi connectivity index (χ4v) is 4.65. The van der Waals surface area contributed by atoms with E-state index in [1.54, 1.807) is 13.2 Å². The summed E-state index contributed by atoms with van der Waals surface area (Å²) in [7, 11) is 1.64. The number of benzene rings is 3. The van der Waals surface area contributed by atoms with E-state index in [2.05, 4.69) is 49.1 Å². The van der Waals surface area contributed by atoms with Gasteiger partial charge in [0.1, 0.15) is 17.1 Å². The van der Waals surface area contributed by atoms with Crippen molar-refractivity contribution in [3.63, 3.8) is 0 Å². The maximum absolute atomic E-state index is 12.4. The van der Waals surface area contributed by atoms with E-state index < -0.39 is 0 Å². The maximum atomic E-state index is 12.4. The molecule has 2 heterocycles. The van der Waals surface area contributed by atoms with Gasteiger partial charge in [0.25, 0.3) is 0 Å². The number of rotatable bonds is 5. The minimum atomic E-state index is -0.375. The van der Waals surface area contributed by atoms with Crippen LogP contribution in [0.2, 0.25) is 0 Å². The summed E-state index contributed by atoms with van der Waals surface area (Å²) in [6.45, 7) is 7.59. The molecule has 0 saturated heterocycles. The highest BCUT2D eigenvalue weighted by Gasteiger charge is 2.24. The zero-order valence-corrected chi connectivity index (χ0v) is 20.1. The Morgan fingerprint density at radius 2 is 1.79 bits per heavy atom. The zero-order chi connectivity index (χ0) is 23.8. The molecular formula is C29H29NO4. The van der Waals surface area contributed by atoms with Crippen molar-refractivity contribution in [3.8, 4) is 22.6 Å². The molecule has 1 atom stereocenters. The Kier molecular flexibility index (Phi) is 5.78. The van der Waals surface area contributed by atoms with Crippen LogP contribution in [-0.2, 0) is 6.54 Å². The standard InChI is InChI=1S/C29H29NO4/c1-5-18(2)20-6-10-23(11-7-20)30-16-22-14-26-25(21-8-12-24(32-4)13-9-21)15-27(31)34-29(26)19(3)28(22)33-17-30/h6-15,18H,5,16-17H2,1-4H3. The first-order valence-corrected chi connectivity index (χ1v) is 11.7. The lowest BCUT2D eigenvalue weighted by Crippen LogP contribution is -2.32. The third kappa shape index (κ3) is 3.92. The summed E-state index contributed by atoms with van der Waals surface area (Å²) in [6, 6.07) is 20.1. The van der Waals surface area contributed by atoms with Gasteiger partial charge >= 0.3 is 5.63 Å². The van der Waals surface area contributed by atoms with E-state index in [0.717, 1.165) is 57.8 Å². The van der Waals surface area contributed by atoms with Gasteiger partial charge in [0.2, 0.25) is 0 Å². The molecule has 0 spiro atoms. The molecule has 1 unspecified atom stereocenters. The molecular weight excluding hydrogens is 426 g/mol. The summed E-state index contributed by atoms with van der Waals surface area (Å²) in [5, 5.41) is 0.901. The Labute approximate surface area is 199 Å². The van der Waals surface area contributed by atoms with Gasteiger partial charge < -0.3 is 18.8 Å². The molecule has 1 aliphatic heterocycles. The smallest absolute Gasteiger partial charge is 0.336 e. The Morgan fingerprint density at radius 3 is 2.47 bits per heavy atom. The van der Waals surface area contributed by atoms with Gasteiger partial charge in [0.15, 0.2) is 6.73 Å². The molecule has 0 saturated carbocycles. The summed E-state index contributed by atoms with van der Waals surface area (Å²) < 4.78 is 17.1. The van der Waals surface area contributed by atoms with E-state index >= 15 is 0 Å². The lowest BCUT2D eigenvalue weighted by Gasteiger charge is -2.32. The number of methoxy groups -OCH3 is 1. The minimum Gasteiger partial charge on any atom is -0.497 e. The van der Waals surface area contributed by atoms with Crippen molar-refractivity contribution in [1.82, 2.24) is 0 Å². The van der Waals surface area contributed by atoms with Crippen molar-refractivity contribution < 1.29 is 13.9 Å². The maximum Gasteiger partial charge on any atom is 0.336 e. The first-order chi connectivity index (χ1) is 16.5. The molecule has 174 valence electrons. The van der Waals surface area contributed by atoms with Crippen LogP contribution in [0.4, 0.5) is 5.69 Å². The molecule has 0 fully saturated rings. The van der Waals surface area contributed by atoms with Crippen molar-refractivity contribution >= 4 is 16.7 Å². The van der Waals surface area contributed by atoms with Gasteiger partial charge in [-0.3, -0.25) is 0 Å². The molecule has 5 heteroatoms. The predicted molar refractivity (Wildman–Crippen MR) is 136 cm³/mol. The number of nitrogens with zero attached hydrogens (tertiary/aromatic N) is 1. The molecule has 0 bridgehead atoms. The Morgan fingerprint density at radius 1 is 1.06 bits per heavy atom. The fraction of sp³-hybridized carbons (Fsp3) is 0.276. The summed E-state index contributed by atoms with van der Waals surface area (Å²) in [5.41, 5.74) is 6.39. The number of aryl methyl sites for hydroxylation is 1. The quantitative estimate of drug-likeness (QED) is 0.316. The van der Waals surface area contributed by atoms with Crippen LogP contribution in [0.15, 0.2) is 69.9 Å². The first kappa shape index (κ1) is 22.1. The third-order valence-electron chi connectivity index (χ3n) is 6.86. The van der Waals surface area contributed by atoms with Crippen LogP contribution < -0.4 is 20.0 Å². The second-order valence-corrected chi connectivity index (χ2v) is 8.95. The van der Waals surface area contributed by atoms with Crippen LogP contribution in [0.1, 0.15) is 42.9 Å². The van der Waals surface area contributed by atoms with Crippen molar-refractivity contribution in [2.75, 3.05) is 18.7 Å². The van der Waals surface area contributed by atoms with Crippen LogP contribution in [0, 0.1) is 6.92 Å². The second kappa shape index (κ2) is 8.90. The van der Waals surface area contributed by atoms with E-state index in [1.807, 2.05) is 31.2 Å². The van der Waals surface area contributed by atoms with E-state index in [4.69, 9.17) is 13.9 Å². The molecule has 0 N–H and O–H groups in total. The number of hydrogen-bond donors (Lipinski definition) is 0. The average Bonchev–Trinajstić information content (AvgIpc) is 2.88. The Hall–Kier alpha value is -3.73. The van der Waals surface area contributed by atoms with Gasteiger partial charge in [-0.2, -0.15) is 0 Å². The largest absolute Gasteiger partial charge is 0.497 e. The van der Waals surface area contributed by atoms with E-state index in [1.165, 1.54) is 5.56 Å². The molecule has 5 nitrogen and oxygen atoms in total. The highest BCUT2D eigenvalue weighted by Crippen LogP contribution is 2.39. The van der Waals surface area contributed by atoms with Gasteiger partial charge in [0.05, 0.1) is 7.11 Å². The Balaban J connectivity index is 1.56. The van der Waals surface area contributed by atoms with Crippen LogP contribution in [-0.4, -0.2) is 13.8 Å². The summed E-state index contributed by atoms with van der Waals surface area (Å²) >= 11 is 0. The van der Waals surface area contributed by atoms with Gasteiger partial charge in [-0.25, -0.2) is 4.79 Å². The fourth-order valence-electron chi connectivity index (χ4n) is 4.65. The third-order valence-corrected chi connectivity index (χ3v) is 6.86. The SMILES string of the molecule is CCC(C)c1ccc(N2COc3c(cc4c(-c5ccc(OC)cc5)cc(=O)oc4c3C)C2)cc1. The zero-order valence-electron chi connectivity index (χ0n) is 20.1. The number of hydrogen-bond acceptors (Lipinski definition) is 5. The van der Waals surface area contributed by atoms with Crippen molar-refractivity contribution in [2.45, 2.75) is 39.7 Å². The second-order valence-electron chi connectivity index (χ2n) is 8.95. The minimum absolute atomic E-state index is 0.375. The molecule has 3 aromatic carbocycles. The number of anilines is 1. The predicted octanol–water partition coefficient (Wildman–Crippen LogP) is 6.65. The van der Waals surface area contributed by atoms with Crippen molar-refractivity contribution in [2.24, 2.45) is 0 Å². The molecule has 34 heavy (non-hydrogen) atoms.